The van der Waals surface area contributed by atoms with Gasteiger partial charge in [-0.15, -0.1) is 0 Å². The molecule has 0 aromatic rings. The zero-order valence-corrected chi connectivity index (χ0v) is 19.7. The molecule has 0 aromatic heterocycles. The van der Waals surface area contributed by atoms with E-state index in [1.807, 2.05) is 25.2 Å². The van der Waals surface area contributed by atoms with Crippen molar-refractivity contribution in [2.75, 3.05) is 6.61 Å². The third kappa shape index (κ3) is 7.13. The highest BCUT2D eigenvalue weighted by atomic mass is 16.5. The van der Waals surface area contributed by atoms with Crippen LogP contribution in [-0.4, -0.2) is 57.6 Å². The lowest BCUT2D eigenvalue weighted by atomic mass is 9.64. The molecule has 0 radical (unpaired) electrons. The normalized spacial score (nSPS) is 37.6. The molecule has 1 aliphatic carbocycles. The van der Waals surface area contributed by atoms with Crippen molar-refractivity contribution < 1.29 is 25.2 Å². The Morgan fingerprint density at radius 1 is 1.00 bits per heavy atom. The predicted molar refractivity (Wildman–Crippen MR) is 124 cm³/mol. The van der Waals surface area contributed by atoms with Crippen molar-refractivity contribution in [1.29, 1.82) is 0 Å². The Kier molecular flexibility index (Phi) is 9.71. The molecule has 0 spiro atoms. The molecule has 1 saturated heterocycles. The number of rotatable bonds is 7. The largest absolute Gasteiger partial charge is 0.394 e. The van der Waals surface area contributed by atoms with Crippen LogP contribution in [0, 0.1) is 17.3 Å². The first-order valence-electron chi connectivity index (χ1n) is 11.6. The van der Waals surface area contributed by atoms with Crippen LogP contribution in [0.25, 0.3) is 0 Å². The van der Waals surface area contributed by atoms with Gasteiger partial charge in [-0.1, -0.05) is 81.2 Å². The van der Waals surface area contributed by atoms with Crippen LogP contribution in [-0.2, 0) is 4.74 Å². The van der Waals surface area contributed by atoms with Crippen molar-refractivity contribution in [3.05, 3.63) is 47.6 Å². The molecule has 7 atom stereocenters. The van der Waals surface area contributed by atoms with Gasteiger partial charge >= 0.3 is 0 Å². The smallest absolute Gasteiger partial charge is 0.111 e. The monoisotopic (exact) mass is 434 g/mol. The Labute approximate surface area is 187 Å². The van der Waals surface area contributed by atoms with Crippen LogP contribution in [0.1, 0.15) is 60.3 Å². The minimum absolute atomic E-state index is 0.355. The van der Waals surface area contributed by atoms with Gasteiger partial charge in [0.25, 0.3) is 0 Å². The van der Waals surface area contributed by atoms with E-state index in [0.29, 0.717) is 17.8 Å². The van der Waals surface area contributed by atoms with Gasteiger partial charge in [0, 0.05) is 0 Å². The summed E-state index contributed by atoms with van der Waals surface area (Å²) in [6, 6.07) is 0. The molecule has 4 N–H and O–H groups in total. The summed E-state index contributed by atoms with van der Waals surface area (Å²) >= 11 is 0. The lowest BCUT2D eigenvalue weighted by Crippen LogP contribution is -2.58. The quantitative estimate of drug-likeness (QED) is 0.459. The standard InChI is InChI=1S/C26H42O5/c1-17(11-13-20-19(3)10-7-15-26(20,4)5)8-6-9-18(2)12-14-21-23(28)25(30)24(29)22(16-27)31-21/h6,8-9,11-13,19-25,27-30H,7,10,14-16H2,1-5H3/b9-6+,13-11+,17-8+,18-12-/t19?,20?,21?,22-,23+,24-,25-/m1/s1. The summed E-state index contributed by atoms with van der Waals surface area (Å²) in [4.78, 5) is 0. The van der Waals surface area contributed by atoms with Crippen molar-refractivity contribution in [1.82, 2.24) is 0 Å². The summed E-state index contributed by atoms with van der Waals surface area (Å²) in [6.07, 6.45) is 11.6. The Morgan fingerprint density at radius 2 is 1.68 bits per heavy atom. The first-order valence-corrected chi connectivity index (χ1v) is 11.6. The summed E-state index contributed by atoms with van der Waals surface area (Å²) in [5.74, 6) is 1.32. The van der Waals surface area contributed by atoms with E-state index < -0.39 is 37.1 Å². The molecule has 1 aliphatic heterocycles. The van der Waals surface area contributed by atoms with Gasteiger partial charge < -0.3 is 25.2 Å². The molecular weight excluding hydrogens is 392 g/mol. The zero-order chi connectivity index (χ0) is 23.2. The molecule has 5 nitrogen and oxygen atoms in total. The van der Waals surface area contributed by atoms with E-state index >= 15 is 0 Å². The summed E-state index contributed by atoms with van der Waals surface area (Å²) in [6.45, 7) is 10.8. The van der Waals surface area contributed by atoms with Gasteiger partial charge in [-0.3, -0.25) is 0 Å². The number of allylic oxidation sites excluding steroid dienone is 7. The minimum atomic E-state index is -1.32. The highest BCUT2D eigenvalue weighted by molar-refractivity contribution is 5.27. The lowest BCUT2D eigenvalue weighted by molar-refractivity contribution is -0.228. The van der Waals surface area contributed by atoms with Crippen molar-refractivity contribution >= 4 is 0 Å². The van der Waals surface area contributed by atoms with E-state index in [1.165, 1.54) is 24.8 Å². The fraction of sp³-hybridized carbons (Fsp3) is 0.692. The highest BCUT2D eigenvalue weighted by Crippen LogP contribution is 2.44. The maximum atomic E-state index is 10.1. The third-order valence-corrected chi connectivity index (χ3v) is 6.94. The molecular formula is C26H42O5. The predicted octanol–water partition coefficient (Wildman–Crippen LogP) is 3.69. The van der Waals surface area contributed by atoms with Crippen molar-refractivity contribution in [3.63, 3.8) is 0 Å². The van der Waals surface area contributed by atoms with E-state index in [-0.39, 0.29) is 0 Å². The molecule has 0 amide bonds. The average Bonchev–Trinajstić information content (AvgIpc) is 2.70. The van der Waals surface area contributed by atoms with E-state index in [9.17, 15) is 20.4 Å². The number of hydrogen-bond acceptors (Lipinski definition) is 5. The third-order valence-electron chi connectivity index (χ3n) is 6.94. The molecule has 3 unspecified atom stereocenters. The summed E-state index contributed by atoms with van der Waals surface area (Å²) in [5.41, 5.74) is 2.56. The van der Waals surface area contributed by atoms with Crippen LogP contribution in [0.2, 0.25) is 0 Å². The SMILES string of the molecule is CC(=C/CC1O[C@H](CO)[C@@H](O)[C@H](O)[C@H]1O)/C=C/C=C(C)/C=C/C1C(C)CCCC1(C)C. The number of aliphatic hydroxyl groups is 4. The minimum Gasteiger partial charge on any atom is -0.394 e. The van der Waals surface area contributed by atoms with Crippen LogP contribution < -0.4 is 0 Å². The number of hydrogen-bond donors (Lipinski definition) is 4. The van der Waals surface area contributed by atoms with E-state index in [1.54, 1.807) is 0 Å². The van der Waals surface area contributed by atoms with E-state index in [4.69, 9.17) is 4.74 Å². The Hall–Kier alpha value is -1.24. The first-order chi connectivity index (χ1) is 14.6. The van der Waals surface area contributed by atoms with Gasteiger partial charge in [-0.2, -0.15) is 0 Å². The topological polar surface area (TPSA) is 90.2 Å². The van der Waals surface area contributed by atoms with Crippen LogP contribution >= 0.6 is 0 Å². The van der Waals surface area contributed by atoms with Gasteiger partial charge in [-0.25, -0.2) is 0 Å². The molecule has 176 valence electrons. The zero-order valence-electron chi connectivity index (χ0n) is 19.7. The van der Waals surface area contributed by atoms with Gasteiger partial charge in [-0.05, 0) is 43.9 Å². The van der Waals surface area contributed by atoms with Crippen LogP contribution in [0.15, 0.2) is 47.6 Å². The molecule has 31 heavy (non-hydrogen) atoms. The number of aliphatic hydroxyl groups excluding tert-OH is 4. The Morgan fingerprint density at radius 3 is 2.32 bits per heavy atom. The molecule has 1 saturated carbocycles. The maximum Gasteiger partial charge on any atom is 0.111 e. The van der Waals surface area contributed by atoms with Gasteiger partial charge in [0.1, 0.15) is 24.4 Å². The molecule has 0 aromatic carbocycles. The summed E-state index contributed by atoms with van der Waals surface area (Å²) in [5, 5.41) is 39.2. The van der Waals surface area contributed by atoms with E-state index in [2.05, 4.69) is 45.9 Å². The molecule has 2 fully saturated rings. The lowest BCUT2D eigenvalue weighted by Gasteiger charge is -2.41. The van der Waals surface area contributed by atoms with Gasteiger partial charge in [0.05, 0.1) is 12.7 Å². The molecule has 1 heterocycles. The van der Waals surface area contributed by atoms with Gasteiger partial charge in [0.15, 0.2) is 0 Å². The molecule has 2 aliphatic rings. The van der Waals surface area contributed by atoms with Gasteiger partial charge in [0.2, 0.25) is 0 Å². The van der Waals surface area contributed by atoms with Crippen molar-refractivity contribution in [3.8, 4) is 0 Å². The first kappa shape index (κ1) is 26.0. The highest BCUT2D eigenvalue weighted by Gasteiger charge is 2.42. The average molecular weight is 435 g/mol. The van der Waals surface area contributed by atoms with Crippen LogP contribution in [0.4, 0.5) is 0 Å². The number of ether oxygens (including phenoxy) is 1. The maximum absolute atomic E-state index is 10.1. The second-order valence-electron chi connectivity index (χ2n) is 10.1. The fourth-order valence-electron chi connectivity index (χ4n) is 4.85. The van der Waals surface area contributed by atoms with Crippen molar-refractivity contribution in [2.45, 2.75) is 90.8 Å². The van der Waals surface area contributed by atoms with E-state index in [0.717, 1.165) is 11.5 Å². The summed E-state index contributed by atoms with van der Waals surface area (Å²) < 4.78 is 5.54. The van der Waals surface area contributed by atoms with Crippen LogP contribution in [0.5, 0.6) is 0 Å². The van der Waals surface area contributed by atoms with Crippen LogP contribution in [0.3, 0.4) is 0 Å². The molecule has 0 bridgehead atoms. The Balaban J connectivity index is 1.92. The molecule has 2 rings (SSSR count). The second-order valence-corrected chi connectivity index (χ2v) is 10.1. The Bertz CT molecular complexity index is 688. The van der Waals surface area contributed by atoms with Crippen molar-refractivity contribution in [2.24, 2.45) is 17.3 Å². The fourth-order valence-corrected chi connectivity index (χ4v) is 4.85. The summed E-state index contributed by atoms with van der Waals surface area (Å²) in [7, 11) is 0. The molecule has 5 heteroatoms. The second kappa shape index (κ2) is 11.6.